The van der Waals surface area contributed by atoms with Crippen molar-refractivity contribution in [2.75, 3.05) is 29.5 Å². The molecule has 5 nitrogen and oxygen atoms in total. The van der Waals surface area contributed by atoms with Gasteiger partial charge in [-0.15, -0.1) is 0 Å². The van der Waals surface area contributed by atoms with Gasteiger partial charge in [-0.2, -0.15) is 0 Å². The number of amides is 2. The zero-order valence-corrected chi connectivity index (χ0v) is 16.9. The number of carbonyl (C=O) groups excluding carboxylic acids is 2. The first-order valence-corrected chi connectivity index (χ1v) is 9.84. The average molecular weight is 380 g/mol. The number of anilines is 2. The maximum absolute atomic E-state index is 12.9. The van der Waals surface area contributed by atoms with Crippen LogP contribution in [-0.4, -0.2) is 32.0 Å². The van der Waals surface area contributed by atoms with Gasteiger partial charge in [-0.3, -0.25) is 9.59 Å². The van der Waals surface area contributed by atoms with Gasteiger partial charge in [0.1, 0.15) is 5.75 Å². The fraction of sp³-hybridized carbons (Fsp3) is 0.391. The quantitative estimate of drug-likeness (QED) is 0.537. The number of rotatable bonds is 7. The van der Waals surface area contributed by atoms with Crippen LogP contribution >= 0.6 is 0 Å². The van der Waals surface area contributed by atoms with Crippen LogP contribution in [0.25, 0.3) is 0 Å². The second-order valence-electron chi connectivity index (χ2n) is 7.41. The molecule has 0 spiro atoms. The molecule has 2 aromatic rings. The molecule has 0 N–H and O–H groups in total. The normalized spacial score (nSPS) is 16.5. The number of hydrogen-bond donors (Lipinski definition) is 0. The molecule has 0 aromatic heterocycles. The van der Waals surface area contributed by atoms with E-state index in [0.717, 1.165) is 47.5 Å². The maximum Gasteiger partial charge on any atom is 0.231 e. The van der Waals surface area contributed by atoms with Gasteiger partial charge in [0.15, 0.2) is 0 Å². The molecule has 0 radical (unpaired) electrons. The summed E-state index contributed by atoms with van der Waals surface area (Å²) in [7, 11) is 0. The smallest absolute Gasteiger partial charge is 0.231 e. The van der Waals surface area contributed by atoms with Crippen LogP contribution in [0.1, 0.15) is 30.9 Å². The molecule has 1 unspecified atom stereocenters. The van der Waals surface area contributed by atoms with Crippen LogP contribution in [0.5, 0.6) is 5.75 Å². The highest BCUT2D eigenvalue weighted by Crippen LogP contribution is 2.33. The van der Waals surface area contributed by atoms with Gasteiger partial charge in [0, 0.05) is 13.1 Å². The number of ether oxygens (including phenoxy) is 1. The predicted octanol–water partition coefficient (Wildman–Crippen LogP) is 4.11. The van der Waals surface area contributed by atoms with Gasteiger partial charge in [0.25, 0.3) is 0 Å². The maximum atomic E-state index is 12.9. The molecule has 0 saturated heterocycles. The Morgan fingerprint density at radius 2 is 1.71 bits per heavy atom. The molecule has 28 heavy (non-hydrogen) atoms. The van der Waals surface area contributed by atoms with Gasteiger partial charge < -0.3 is 14.5 Å². The lowest BCUT2D eigenvalue weighted by atomic mass is 10.1. The first-order chi connectivity index (χ1) is 13.5. The Bertz CT molecular complexity index is 829. The summed E-state index contributed by atoms with van der Waals surface area (Å²) in [6.07, 6.45) is 2.49. The first-order valence-electron chi connectivity index (χ1n) is 9.84. The van der Waals surface area contributed by atoms with E-state index < -0.39 is 0 Å². The number of nitrogens with zero attached hydrogens (tertiary/aromatic N) is 2. The molecular weight excluding hydrogens is 352 g/mol. The highest BCUT2D eigenvalue weighted by Gasteiger charge is 2.30. The summed E-state index contributed by atoms with van der Waals surface area (Å²) >= 11 is 0. The summed E-state index contributed by atoms with van der Waals surface area (Å²) in [5.41, 5.74) is 3.88. The van der Waals surface area contributed by atoms with Crippen LogP contribution < -0.4 is 14.5 Å². The summed E-state index contributed by atoms with van der Waals surface area (Å²) in [5, 5.41) is 0. The summed E-state index contributed by atoms with van der Waals surface area (Å²) < 4.78 is 5.98. The Morgan fingerprint density at radius 1 is 1.04 bits per heavy atom. The molecule has 0 bridgehead atoms. The summed E-state index contributed by atoms with van der Waals surface area (Å²) in [4.78, 5) is 27.8. The lowest BCUT2D eigenvalue weighted by Crippen LogP contribution is -2.37. The lowest BCUT2D eigenvalue weighted by Gasteiger charge is -2.24. The Kier molecular flexibility index (Phi) is 6.34. The minimum Gasteiger partial charge on any atom is -0.493 e. The molecule has 1 atom stereocenters. The molecule has 5 heteroatoms. The minimum atomic E-state index is -0.233. The van der Waals surface area contributed by atoms with E-state index in [-0.39, 0.29) is 11.8 Å². The van der Waals surface area contributed by atoms with Crippen molar-refractivity contribution in [2.24, 2.45) is 5.92 Å². The van der Waals surface area contributed by atoms with Crippen molar-refractivity contribution in [2.45, 2.75) is 33.6 Å². The second-order valence-corrected chi connectivity index (χ2v) is 7.41. The van der Waals surface area contributed by atoms with Crippen molar-refractivity contribution >= 4 is 23.7 Å². The average Bonchev–Trinajstić information content (AvgIpc) is 2.79. The largest absolute Gasteiger partial charge is 0.493 e. The van der Waals surface area contributed by atoms with E-state index in [4.69, 9.17) is 4.74 Å². The molecule has 0 saturated carbocycles. The molecule has 0 aliphatic carbocycles. The molecule has 2 amide bonds. The first kappa shape index (κ1) is 19.9. The Balaban J connectivity index is 1.64. The monoisotopic (exact) mass is 380 g/mol. The zero-order valence-electron chi connectivity index (χ0n) is 16.9. The molecule has 1 aliphatic heterocycles. The van der Waals surface area contributed by atoms with Crippen LogP contribution in [0.2, 0.25) is 0 Å². The fourth-order valence-electron chi connectivity index (χ4n) is 3.70. The van der Waals surface area contributed by atoms with Gasteiger partial charge in [0.05, 0.1) is 23.9 Å². The van der Waals surface area contributed by atoms with Crippen LogP contribution in [0, 0.1) is 19.8 Å². The molecule has 0 fully saturated rings. The van der Waals surface area contributed by atoms with E-state index in [1.807, 2.05) is 42.2 Å². The third-order valence-electron chi connectivity index (χ3n) is 5.20. The number of para-hydroxylation sites is 3. The van der Waals surface area contributed by atoms with Gasteiger partial charge >= 0.3 is 0 Å². The van der Waals surface area contributed by atoms with Gasteiger partial charge in [-0.25, -0.2) is 0 Å². The minimum absolute atomic E-state index is 0.0625. The van der Waals surface area contributed by atoms with Crippen LogP contribution in [-0.2, 0) is 9.59 Å². The van der Waals surface area contributed by atoms with Crippen LogP contribution in [0.15, 0.2) is 42.5 Å². The van der Waals surface area contributed by atoms with E-state index in [0.29, 0.717) is 19.7 Å². The van der Waals surface area contributed by atoms with Gasteiger partial charge in [-0.1, -0.05) is 37.3 Å². The number of unbranched alkanes of at least 4 members (excludes halogenated alkanes) is 1. The topological polar surface area (TPSA) is 49.9 Å². The van der Waals surface area contributed by atoms with Crippen molar-refractivity contribution in [3.63, 3.8) is 0 Å². The van der Waals surface area contributed by atoms with Crippen molar-refractivity contribution in [1.82, 2.24) is 0 Å². The Hall–Kier alpha value is -2.82. The third kappa shape index (κ3) is 4.19. The van der Waals surface area contributed by atoms with Gasteiger partial charge in [0.2, 0.25) is 12.3 Å². The van der Waals surface area contributed by atoms with E-state index in [9.17, 15) is 9.59 Å². The molecule has 2 aromatic carbocycles. The number of benzene rings is 2. The van der Waals surface area contributed by atoms with E-state index in [1.165, 1.54) is 0 Å². The Labute approximate surface area is 166 Å². The summed E-state index contributed by atoms with van der Waals surface area (Å²) in [5.74, 6) is 0.782. The van der Waals surface area contributed by atoms with Crippen molar-refractivity contribution in [3.05, 3.63) is 53.6 Å². The molecule has 1 heterocycles. The number of hydrogen-bond acceptors (Lipinski definition) is 3. The highest BCUT2D eigenvalue weighted by atomic mass is 16.5. The predicted molar refractivity (Wildman–Crippen MR) is 112 cm³/mol. The number of fused-ring (bicyclic) bond motifs is 1. The van der Waals surface area contributed by atoms with Crippen molar-refractivity contribution < 1.29 is 14.3 Å². The van der Waals surface area contributed by atoms with Crippen LogP contribution in [0.4, 0.5) is 11.4 Å². The van der Waals surface area contributed by atoms with Crippen LogP contribution in [0.3, 0.4) is 0 Å². The lowest BCUT2D eigenvalue weighted by molar-refractivity contribution is -0.121. The van der Waals surface area contributed by atoms with E-state index in [2.05, 4.69) is 26.0 Å². The SMILES string of the molecule is Cc1cccc(C)c1OCCCCN1C(=O)C(C)CN(C=O)c2ccccc21. The van der Waals surface area contributed by atoms with E-state index >= 15 is 0 Å². The molecule has 3 rings (SSSR count). The zero-order chi connectivity index (χ0) is 20.1. The summed E-state index contributed by atoms with van der Waals surface area (Å²) in [6, 6.07) is 13.7. The van der Waals surface area contributed by atoms with Crippen molar-refractivity contribution in [3.8, 4) is 5.75 Å². The highest BCUT2D eigenvalue weighted by molar-refractivity contribution is 6.02. The standard InChI is InChI=1S/C23H28N2O3/c1-17-9-8-10-18(2)22(17)28-14-7-6-13-25-21-12-5-4-11-20(21)24(16-26)15-19(3)23(25)27/h4-5,8-12,16,19H,6-7,13-15H2,1-3H3. The third-order valence-corrected chi connectivity index (χ3v) is 5.20. The number of carbonyl (C=O) groups is 2. The van der Waals surface area contributed by atoms with E-state index in [1.54, 1.807) is 4.90 Å². The molecule has 148 valence electrons. The number of aryl methyl sites for hydroxylation is 2. The van der Waals surface area contributed by atoms with Crippen molar-refractivity contribution in [1.29, 1.82) is 0 Å². The molecule has 1 aliphatic rings. The molecular formula is C23H28N2O3. The second kappa shape index (κ2) is 8.91. The fourth-order valence-corrected chi connectivity index (χ4v) is 3.70. The Morgan fingerprint density at radius 3 is 2.39 bits per heavy atom. The van der Waals surface area contributed by atoms with Gasteiger partial charge in [-0.05, 0) is 49.9 Å². The summed E-state index contributed by atoms with van der Waals surface area (Å²) in [6.45, 7) is 7.62.